The van der Waals surface area contributed by atoms with E-state index < -0.39 is 15.9 Å². The van der Waals surface area contributed by atoms with Gasteiger partial charge in [0.15, 0.2) is 0 Å². The molecule has 0 aromatic heterocycles. The van der Waals surface area contributed by atoms with Crippen molar-refractivity contribution in [2.45, 2.75) is 30.8 Å². The molecule has 33 heavy (non-hydrogen) atoms. The summed E-state index contributed by atoms with van der Waals surface area (Å²) in [6.07, 6.45) is 1.95. The van der Waals surface area contributed by atoms with Crippen molar-refractivity contribution in [1.29, 1.82) is 0 Å². The first-order chi connectivity index (χ1) is 15.8. The largest absolute Gasteiger partial charge is 0.489 e. The van der Waals surface area contributed by atoms with Crippen LogP contribution in [0.25, 0.3) is 0 Å². The van der Waals surface area contributed by atoms with E-state index in [2.05, 4.69) is 5.32 Å². The molecule has 10 heteroatoms. The minimum absolute atomic E-state index is 0.0218. The zero-order valence-electron chi connectivity index (χ0n) is 18.4. The van der Waals surface area contributed by atoms with Crippen LogP contribution in [-0.2, 0) is 19.5 Å². The number of amides is 1. The van der Waals surface area contributed by atoms with Crippen LogP contribution in [0.15, 0.2) is 41.3 Å². The number of sulfonamides is 1. The molecule has 178 valence electrons. The number of morpholine rings is 1. The fourth-order valence-electron chi connectivity index (χ4n) is 3.82. The van der Waals surface area contributed by atoms with Gasteiger partial charge in [-0.1, -0.05) is 17.7 Å². The Bertz CT molecular complexity index is 1110. The predicted molar refractivity (Wildman–Crippen MR) is 125 cm³/mol. The molecule has 4 rings (SSSR count). The molecule has 2 fully saturated rings. The van der Waals surface area contributed by atoms with Crippen molar-refractivity contribution < 1.29 is 27.4 Å². The summed E-state index contributed by atoms with van der Waals surface area (Å²) in [4.78, 5) is 13.2. The van der Waals surface area contributed by atoms with Crippen LogP contribution >= 0.6 is 11.6 Å². The highest BCUT2D eigenvalue weighted by atomic mass is 35.5. The summed E-state index contributed by atoms with van der Waals surface area (Å²) in [5.74, 6) is 0.0220. The van der Waals surface area contributed by atoms with Gasteiger partial charge in [-0.05, 0) is 55.7 Å². The number of ether oxygens (including phenoxy) is 3. The molecule has 1 unspecified atom stereocenters. The third-order valence-corrected chi connectivity index (χ3v) is 7.83. The summed E-state index contributed by atoms with van der Waals surface area (Å²) in [5, 5.41) is 3.26. The van der Waals surface area contributed by atoms with Gasteiger partial charge in [-0.15, -0.1) is 0 Å². The van der Waals surface area contributed by atoms with Gasteiger partial charge in [-0.25, -0.2) is 8.42 Å². The average Bonchev–Trinajstić information content (AvgIpc) is 3.33. The molecule has 2 heterocycles. The molecular weight excluding hydrogens is 468 g/mol. The van der Waals surface area contributed by atoms with Crippen LogP contribution < -0.4 is 10.1 Å². The summed E-state index contributed by atoms with van der Waals surface area (Å²) in [6.45, 7) is 4.12. The van der Waals surface area contributed by atoms with Crippen molar-refractivity contribution in [2.75, 3.05) is 44.8 Å². The average molecular weight is 495 g/mol. The molecule has 2 aromatic rings. The summed E-state index contributed by atoms with van der Waals surface area (Å²) in [6, 6.07) is 9.55. The van der Waals surface area contributed by atoms with E-state index in [9.17, 15) is 13.2 Å². The number of hydrogen-bond donors (Lipinski definition) is 1. The molecule has 0 aliphatic carbocycles. The summed E-state index contributed by atoms with van der Waals surface area (Å²) in [7, 11) is -3.73. The third-order valence-electron chi connectivity index (χ3n) is 5.70. The van der Waals surface area contributed by atoms with Crippen molar-refractivity contribution in [3.05, 3.63) is 52.5 Å². The molecular formula is C23H27ClN2O6S. The number of carbonyl (C=O) groups is 1. The maximum absolute atomic E-state index is 13.2. The van der Waals surface area contributed by atoms with Gasteiger partial charge >= 0.3 is 0 Å². The van der Waals surface area contributed by atoms with Gasteiger partial charge in [0.2, 0.25) is 10.0 Å². The fourth-order valence-corrected chi connectivity index (χ4v) is 5.42. The summed E-state index contributed by atoms with van der Waals surface area (Å²) >= 11 is 6.15. The van der Waals surface area contributed by atoms with Crippen LogP contribution in [0.2, 0.25) is 5.02 Å². The van der Waals surface area contributed by atoms with Crippen LogP contribution in [0.5, 0.6) is 5.75 Å². The van der Waals surface area contributed by atoms with Crippen molar-refractivity contribution in [3.8, 4) is 5.75 Å². The molecule has 8 nitrogen and oxygen atoms in total. The van der Waals surface area contributed by atoms with Gasteiger partial charge in [-0.2, -0.15) is 4.31 Å². The number of benzene rings is 2. The summed E-state index contributed by atoms with van der Waals surface area (Å²) in [5.41, 5.74) is 1.32. The Kier molecular flexibility index (Phi) is 7.55. The lowest BCUT2D eigenvalue weighted by Crippen LogP contribution is -2.40. The number of nitrogens with one attached hydrogen (secondary N) is 1. The summed E-state index contributed by atoms with van der Waals surface area (Å²) < 4.78 is 44.2. The zero-order chi connectivity index (χ0) is 23.4. The normalized spacial score (nSPS) is 19.4. The molecule has 1 amide bonds. The minimum atomic E-state index is -3.73. The zero-order valence-corrected chi connectivity index (χ0v) is 20.0. The number of carbonyl (C=O) groups excluding carboxylic acids is 1. The van der Waals surface area contributed by atoms with Gasteiger partial charge in [0.05, 0.1) is 29.9 Å². The van der Waals surface area contributed by atoms with E-state index in [0.29, 0.717) is 41.8 Å². The van der Waals surface area contributed by atoms with Gasteiger partial charge < -0.3 is 19.5 Å². The monoisotopic (exact) mass is 494 g/mol. The molecule has 0 bridgehead atoms. The first-order valence-corrected chi connectivity index (χ1v) is 12.7. The first-order valence-electron chi connectivity index (χ1n) is 10.9. The van der Waals surface area contributed by atoms with Crippen LogP contribution in [0, 0.1) is 6.92 Å². The minimum Gasteiger partial charge on any atom is -0.489 e. The smallest absolute Gasteiger partial charge is 0.256 e. The van der Waals surface area contributed by atoms with E-state index in [4.69, 9.17) is 25.8 Å². The van der Waals surface area contributed by atoms with Gasteiger partial charge in [-0.3, -0.25) is 4.79 Å². The molecule has 2 aliphatic heterocycles. The molecule has 2 aromatic carbocycles. The van der Waals surface area contributed by atoms with Gasteiger partial charge in [0, 0.05) is 30.3 Å². The lowest BCUT2D eigenvalue weighted by molar-refractivity contribution is 0.0682. The number of anilines is 1. The highest BCUT2D eigenvalue weighted by Gasteiger charge is 2.27. The second kappa shape index (κ2) is 10.4. The number of nitrogens with zero attached hydrogens (tertiary/aromatic N) is 1. The number of rotatable bonds is 7. The molecule has 1 atom stereocenters. The van der Waals surface area contributed by atoms with E-state index in [0.717, 1.165) is 19.4 Å². The van der Waals surface area contributed by atoms with Crippen molar-refractivity contribution >= 4 is 33.2 Å². The Labute approximate surface area is 198 Å². The van der Waals surface area contributed by atoms with Crippen molar-refractivity contribution in [3.63, 3.8) is 0 Å². The lowest BCUT2D eigenvalue weighted by Gasteiger charge is -2.26. The van der Waals surface area contributed by atoms with E-state index in [1.54, 1.807) is 31.2 Å². The Morgan fingerprint density at radius 3 is 2.70 bits per heavy atom. The van der Waals surface area contributed by atoms with Crippen molar-refractivity contribution in [1.82, 2.24) is 4.31 Å². The number of aryl methyl sites for hydroxylation is 1. The van der Waals surface area contributed by atoms with E-state index in [1.807, 2.05) is 0 Å². The molecule has 2 saturated heterocycles. The number of halogens is 1. The fraction of sp³-hybridized carbons (Fsp3) is 0.435. The second-order valence-electron chi connectivity index (χ2n) is 8.03. The maximum atomic E-state index is 13.2. The number of hydrogen-bond acceptors (Lipinski definition) is 6. The quantitative estimate of drug-likeness (QED) is 0.633. The van der Waals surface area contributed by atoms with Crippen LogP contribution in [0.4, 0.5) is 5.69 Å². The Hall–Kier alpha value is -2.17. The second-order valence-corrected chi connectivity index (χ2v) is 10.4. The predicted octanol–water partition coefficient (Wildman–Crippen LogP) is 3.48. The van der Waals surface area contributed by atoms with Crippen LogP contribution in [-0.4, -0.2) is 64.3 Å². The highest BCUT2D eigenvalue weighted by molar-refractivity contribution is 7.89. The maximum Gasteiger partial charge on any atom is 0.256 e. The van der Waals surface area contributed by atoms with Crippen LogP contribution in [0.1, 0.15) is 28.8 Å². The first kappa shape index (κ1) is 24.0. The lowest BCUT2D eigenvalue weighted by atomic mass is 10.1. The van der Waals surface area contributed by atoms with Gasteiger partial charge in [0.25, 0.3) is 5.91 Å². The molecule has 2 aliphatic rings. The van der Waals surface area contributed by atoms with E-state index >= 15 is 0 Å². The highest BCUT2D eigenvalue weighted by Crippen LogP contribution is 2.30. The third kappa shape index (κ3) is 5.67. The van der Waals surface area contributed by atoms with Crippen LogP contribution in [0.3, 0.4) is 0 Å². The van der Waals surface area contributed by atoms with E-state index in [-0.39, 0.29) is 29.7 Å². The molecule has 0 spiro atoms. The Balaban J connectivity index is 1.55. The van der Waals surface area contributed by atoms with Crippen molar-refractivity contribution in [2.24, 2.45) is 0 Å². The Morgan fingerprint density at radius 2 is 1.97 bits per heavy atom. The molecule has 0 radical (unpaired) electrons. The Morgan fingerprint density at radius 1 is 1.18 bits per heavy atom. The molecule has 0 saturated carbocycles. The standard InChI is InChI=1S/C23H27ClN2O6S/c1-16-4-6-19(33(28,29)26-8-11-30-12-9-26)14-20(16)23(27)25-21-13-17(24)5-7-22(21)32-15-18-3-2-10-31-18/h4-7,13-14,18H,2-3,8-12,15H2,1H3,(H,25,27). The topological polar surface area (TPSA) is 94.2 Å². The van der Waals surface area contributed by atoms with Gasteiger partial charge in [0.1, 0.15) is 12.4 Å². The van der Waals surface area contributed by atoms with E-state index in [1.165, 1.54) is 16.4 Å². The molecule has 1 N–H and O–H groups in total. The SMILES string of the molecule is Cc1ccc(S(=O)(=O)N2CCOCC2)cc1C(=O)Nc1cc(Cl)ccc1OCC1CCCO1.